The van der Waals surface area contributed by atoms with E-state index in [1.807, 2.05) is 0 Å². The van der Waals surface area contributed by atoms with Gasteiger partial charge in [-0.2, -0.15) is 17.6 Å². The molecule has 19 heavy (non-hydrogen) atoms. The molecule has 2 nitrogen and oxygen atoms in total. The van der Waals surface area contributed by atoms with Gasteiger partial charge in [0.25, 0.3) is 0 Å². The maximum atomic E-state index is 13.5. The predicted octanol–water partition coefficient (Wildman–Crippen LogP) is 3.88. The van der Waals surface area contributed by atoms with E-state index in [1.165, 1.54) is 6.92 Å². The molecule has 0 radical (unpaired) electrons. The SMILES string of the molecule is CCOC(=O)/C(F)=C(\F)c1ccc(C(F)(F)F)cc1. The van der Waals surface area contributed by atoms with Gasteiger partial charge in [-0.3, -0.25) is 0 Å². The molecule has 104 valence electrons. The van der Waals surface area contributed by atoms with Crippen LogP contribution >= 0.6 is 0 Å². The Morgan fingerprint density at radius 1 is 1.16 bits per heavy atom. The van der Waals surface area contributed by atoms with Crippen molar-refractivity contribution in [2.75, 3.05) is 6.61 Å². The Morgan fingerprint density at radius 2 is 1.68 bits per heavy atom. The molecule has 0 bridgehead atoms. The number of halogens is 5. The Morgan fingerprint density at radius 3 is 2.11 bits per heavy atom. The van der Waals surface area contributed by atoms with E-state index in [4.69, 9.17) is 0 Å². The van der Waals surface area contributed by atoms with Crippen molar-refractivity contribution in [2.24, 2.45) is 0 Å². The van der Waals surface area contributed by atoms with Crippen LogP contribution < -0.4 is 0 Å². The quantitative estimate of drug-likeness (QED) is 0.477. The summed E-state index contributed by atoms with van der Waals surface area (Å²) in [7, 11) is 0. The Labute approximate surface area is 105 Å². The molecule has 7 heteroatoms. The largest absolute Gasteiger partial charge is 0.461 e. The van der Waals surface area contributed by atoms with Gasteiger partial charge in [0.15, 0.2) is 5.83 Å². The van der Waals surface area contributed by atoms with Gasteiger partial charge in [-0.1, -0.05) is 12.1 Å². The summed E-state index contributed by atoms with van der Waals surface area (Å²) in [5.41, 5.74) is -1.47. The lowest BCUT2D eigenvalue weighted by molar-refractivity contribution is -0.140. The van der Waals surface area contributed by atoms with Crippen LogP contribution in [-0.4, -0.2) is 12.6 Å². The van der Waals surface area contributed by atoms with Gasteiger partial charge in [-0.05, 0) is 19.1 Å². The smallest absolute Gasteiger partial charge is 0.416 e. The zero-order valence-corrected chi connectivity index (χ0v) is 9.72. The van der Waals surface area contributed by atoms with Gasteiger partial charge >= 0.3 is 12.1 Å². The van der Waals surface area contributed by atoms with Crippen LogP contribution in [0.4, 0.5) is 22.0 Å². The highest BCUT2D eigenvalue weighted by atomic mass is 19.4. The number of carbonyl (C=O) groups is 1. The van der Waals surface area contributed by atoms with Crippen LogP contribution in [0.1, 0.15) is 18.1 Å². The van der Waals surface area contributed by atoms with Gasteiger partial charge < -0.3 is 4.74 Å². The lowest BCUT2D eigenvalue weighted by Crippen LogP contribution is -2.06. The molecule has 0 N–H and O–H groups in total. The summed E-state index contributed by atoms with van der Waals surface area (Å²) in [6, 6.07) is 2.65. The minimum atomic E-state index is -4.57. The lowest BCUT2D eigenvalue weighted by Gasteiger charge is -2.07. The van der Waals surface area contributed by atoms with Crippen molar-refractivity contribution in [1.82, 2.24) is 0 Å². The van der Waals surface area contributed by atoms with E-state index in [0.29, 0.717) is 12.1 Å². The molecule has 0 aliphatic heterocycles. The van der Waals surface area contributed by atoms with Crippen molar-refractivity contribution < 1.29 is 31.5 Å². The van der Waals surface area contributed by atoms with Crippen molar-refractivity contribution in [1.29, 1.82) is 0 Å². The summed E-state index contributed by atoms with van der Waals surface area (Å²) in [4.78, 5) is 10.9. The first-order valence-electron chi connectivity index (χ1n) is 5.17. The summed E-state index contributed by atoms with van der Waals surface area (Å²) in [6.07, 6.45) is -4.57. The standard InChI is InChI=1S/C12H9F5O2/c1-2-19-11(18)10(14)9(13)7-3-5-8(6-4-7)12(15,16)17/h3-6H,2H2,1H3/b10-9+. The molecule has 0 aliphatic rings. The monoisotopic (exact) mass is 280 g/mol. The second-order valence-corrected chi connectivity index (χ2v) is 3.42. The molecule has 1 aromatic rings. The van der Waals surface area contributed by atoms with E-state index in [2.05, 4.69) is 4.74 Å². The maximum Gasteiger partial charge on any atom is 0.416 e. The number of alkyl halides is 3. The van der Waals surface area contributed by atoms with Crippen LogP contribution in [0.5, 0.6) is 0 Å². The molecule has 0 unspecified atom stereocenters. The molecule has 0 atom stereocenters. The van der Waals surface area contributed by atoms with E-state index in [0.717, 1.165) is 12.1 Å². The summed E-state index contributed by atoms with van der Waals surface area (Å²) in [5, 5.41) is 0. The summed E-state index contributed by atoms with van der Waals surface area (Å²) in [5.74, 6) is -4.84. The third-order valence-electron chi connectivity index (χ3n) is 2.11. The third kappa shape index (κ3) is 3.77. The number of hydrogen-bond donors (Lipinski definition) is 0. The zero-order valence-electron chi connectivity index (χ0n) is 9.72. The molecule has 0 spiro atoms. The van der Waals surface area contributed by atoms with E-state index in [1.54, 1.807) is 0 Å². The van der Waals surface area contributed by atoms with Crippen molar-refractivity contribution in [3.05, 3.63) is 41.2 Å². The van der Waals surface area contributed by atoms with Crippen molar-refractivity contribution in [3.8, 4) is 0 Å². The van der Waals surface area contributed by atoms with Crippen LogP contribution in [-0.2, 0) is 15.7 Å². The highest BCUT2D eigenvalue weighted by molar-refractivity contribution is 5.93. The molecule has 0 fully saturated rings. The topological polar surface area (TPSA) is 26.3 Å². The van der Waals surface area contributed by atoms with Crippen LogP contribution in [0.15, 0.2) is 30.1 Å². The van der Waals surface area contributed by atoms with Gasteiger partial charge in [0.1, 0.15) is 0 Å². The number of ether oxygens (including phenoxy) is 1. The van der Waals surface area contributed by atoms with Crippen molar-refractivity contribution in [3.63, 3.8) is 0 Å². The van der Waals surface area contributed by atoms with Gasteiger partial charge in [-0.15, -0.1) is 0 Å². The molecule has 0 aromatic heterocycles. The molecule has 0 amide bonds. The van der Waals surface area contributed by atoms with Crippen LogP contribution in [0.3, 0.4) is 0 Å². The van der Waals surface area contributed by atoms with E-state index >= 15 is 0 Å². The van der Waals surface area contributed by atoms with E-state index < -0.39 is 34.9 Å². The Balaban J connectivity index is 3.04. The Bertz CT molecular complexity index is 488. The predicted molar refractivity (Wildman–Crippen MR) is 57.2 cm³/mol. The average molecular weight is 280 g/mol. The van der Waals surface area contributed by atoms with Crippen molar-refractivity contribution in [2.45, 2.75) is 13.1 Å². The second-order valence-electron chi connectivity index (χ2n) is 3.42. The minimum Gasteiger partial charge on any atom is -0.461 e. The molecule has 1 aromatic carbocycles. The van der Waals surface area contributed by atoms with Crippen molar-refractivity contribution >= 4 is 11.8 Å². The number of benzene rings is 1. The van der Waals surface area contributed by atoms with Crippen LogP contribution in [0, 0.1) is 0 Å². The average Bonchev–Trinajstić information content (AvgIpc) is 2.36. The number of carbonyl (C=O) groups excluding carboxylic acids is 1. The van der Waals surface area contributed by atoms with Gasteiger partial charge in [0, 0.05) is 5.56 Å². The fourth-order valence-electron chi connectivity index (χ4n) is 1.22. The Hall–Kier alpha value is -1.92. The van der Waals surface area contributed by atoms with Gasteiger partial charge in [-0.25, -0.2) is 9.18 Å². The van der Waals surface area contributed by atoms with Gasteiger partial charge in [0.05, 0.1) is 12.2 Å². The molecule has 0 heterocycles. The normalized spacial score (nSPS) is 12.9. The molecular weight excluding hydrogens is 271 g/mol. The molecule has 1 rings (SSSR count). The first-order chi connectivity index (χ1) is 8.77. The van der Waals surface area contributed by atoms with Crippen LogP contribution in [0.25, 0.3) is 5.83 Å². The maximum absolute atomic E-state index is 13.5. The fourth-order valence-corrected chi connectivity index (χ4v) is 1.22. The summed E-state index contributed by atoms with van der Waals surface area (Å²) >= 11 is 0. The highest BCUT2D eigenvalue weighted by Crippen LogP contribution is 2.31. The fraction of sp³-hybridized carbons (Fsp3) is 0.250. The molecule has 0 saturated carbocycles. The van der Waals surface area contributed by atoms with Crippen LogP contribution in [0.2, 0.25) is 0 Å². The number of esters is 1. The molecular formula is C12H9F5O2. The van der Waals surface area contributed by atoms with E-state index in [-0.39, 0.29) is 6.61 Å². The number of rotatable bonds is 3. The zero-order chi connectivity index (χ0) is 14.6. The summed E-state index contributed by atoms with van der Waals surface area (Å²) in [6.45, 7) is 1.26. The van der Waals surface area contributed by atoms with Gasteiger partial charge in [0.2, 0.25) is 5.83 Å². The number of hydrogen-bond acceptors (Lipinski definition) is 2. The first kappa shape index (κ1) is 15.1. The third-order valence-corrected chi connectivity index (χ3v) is 2.11. The molecule has 0 aliphatic carbocycles. The first-order valence-corrected chi connectivity index (χ1v) is 5.17. The second kappa shape index (κ2) is 5.81. The van der Waals surface area contributed by atoms with E-state index in [9.17, 15) is 26.7 Å². The highest BCUT2D eigenvalue weighted by Gasteiger charge is 2.30. The minimum absolute atomic E-state index is 0.146. The molecule has 0 saturated heterocycles. The lowest BCUT2D eigenvalue weighted by atomic mass is 10.1. The Kier molecular flexibility index (Phi) is 4.63. The summed E-state index contributed by atoms with van der Waals surface area (Å²) < 4.78 is 67.7.